The summed E-state index contributed by atoms with van der Waals surface area (Å²) in [6.45, 7) is 3.59. The summed E-state index contributed by atoms with van der Waals surface area (Å²) in [4.78, 5) is 39.6. The Labute approximate surface area is 172 Å². The summed E-state index contributed by atoms with van der Waals surface area (Å²) in [6.07, 6.45) is -1.24. The number of hydrogen-bond acceptors (Lipinski definition) is 5. The zero-order chi connectivity index (χ0) is 20.7. The molecule has 1 saturated heterocycles. The zero-order valence-electron chi connectivity index (χ0n) is 15.9. The van der Waals surface area contributed by atoms with Crippen LogP contribution in [0.5, 0.6) is 0 Å². The minimum atomic E-state index is -1.29. The molecule has 2 aliphatic rings. The Balaban J connectivity index is 1.83. The number of carbonyl (C=O) groups is 3. The molecule has 0 spiro atoms. The first-order valence-electron chi connectivity index (χ1n) is 8.76. The molecule has 0 saturated carbocycles. The maximum absolute atomic E-state index is 12.7. The first-order valence-corrected chi connectivity index (χ1v) is 10.0. The maximum atomic E-state index is 12.7. The summed E-state index contributed by atoms with van der Waals surface area (Å²) in [6, 6.07) is 5.03. The van der Waals surface area contributed by atoms with E-state index in [9.17, 15) is 19.5 Å². The molecule has 1 aromatic carbocycles. The van der Waals surface area contributed by atoms with E-state index in [0.29, 0.717) is 21.2 Å². The van der Waals surface area contributed by atoms with Gasteiger partial charge < -0.3 is 20.6 Å². The Kier molecular flexibility index (Phi) is 5.74. The molecule has 150 valence electrons. The first-order chi connectivity index (χ1) is 13.1. The van der Waals surface area contributed by atoms with Gasteiger partial charge in [0.1, 0.15) is 5.92 Å². The van der Waals surface area contributed by atoms with Gasteiger partial charge in [0.15, 0.2) is 0 Å². The van der Waals surface area contributed by atoms with E-state index in [2.05, 4.69) is 10.6 Å². The van der Waals surface area contributed by atoms with E-state index in [4.69, 9.17) is 11.6 Å². The normalized spacial score (nSPS) is 26.6. The smallest absolute Gasteiger partial charge is 0.259 e. The molecule has 0 bridgehead atoms. The Morgan fingerprint density at radius 2 is 1.96 bits per heavy atom. The van der Waals surface area contributed by atoms with E-state index in [1.165, 1.54) is 16.7 Å². The van der Waals surface area contributed by atoms with Crippen LogP contribution in [0.25, 0.3) is 0 Å². The molecular weight excluding hydrogens is 402 g/mol. The number of thioether (sulfide) groups is 1. The SMILES string of the molecule is CC1=C(C(=O)N(C)C)SC2NC(=O)C(C(=O)Nc3ccc(C)c(Cl)c3)C(O)C12. The lowest BCUT2D eigenvalue weighted by atomic mass is 9.81. The number of carbonyl (C=O) groups excluding carboxylic acids is 3. The van der Waals surface area contributed by atoms with Gasteiger partial charge in [-0.3, -0.25) is 14.4 Å². The Morgan fingerprint density at radius 1 is 1.29 bits per heavy atom. The van der Waals surface area contributed by atoms with Crippen LogP contribution in [0, 0.1) is 18.8 Å². The quantitative estimate of drug-likeness (QED) is 0.643. The van der Waals surface area contributed by atoms with Crippen molar-refractivity contribution in [2.45, 2.75) is 25.3 Å². The highest BCUT2D eigenvalue weighted by Crippen LogP contribution is 2.46. The number of nitrogens with zero attached hydrogens (tertiary/aromatic N) is 1. The van der Waals surface area contributed by atoms with E-state index >= 15 is 0 Å². The van der Waals surface area contributed by atoms with Crippen LogP contribution in [0.4, 0.5) is 5.69 Å². The topological polar surface area (TPSA) is 98.7 Å². The second kappa shape index (κ2) is 7.77. The van der Waals surface area contributed by atoms with E-state index in [1.807, 2.05) is 6.92 Å². The number of benzene rings is 1. The maximum Gasteiger partial charge on any atom is 0.259 e. The van der Waals surface area contributed by atoms with Gasteiger partial charge in [0, 0.05) is 30.7 Å². The van der Waals surface area contributed by atoms with Crippen molar-refractivity contribution in [2.75, 3.05) is 19.4 Å². The summed E-state index contributed by atoms with van der Waals surface area (Å²) in [5.74, 6) is -3.17. The first kappa shape index (κ1) is 20.7. The highest BCUT2D eigenvalue weighted by molar-refractivity contribution is 8.04. The van der Waals surface area contributed by atoms with Crippen LogP contribution >= 0.6 is 23.4 Å². The Morgan fingerprint density at radius 3 is 2.57 bits per heavy atom. The molecule has 7 nitrogen and oxygen atoms in total. The van der Waals surface area contributed by atoms with Crippen molar-refractivity contribution in [1.82, 2.24) is 10.2 Å². The van der Waals surface area contributed by atoms with Crippen molar-refractivity contribution >= 4 is 46.8 Å². The van der Waals surface area contributed by atoms with Crippen molar-refractivity contribution < 1.29 is 19.5 Å². The number of fused-ring (bicyclic) bond motifs is 1. The van der Waals surface area contributed by atoms with Crippen molar-refractivity contribution in [3.8, 4) is 0 Å². The number of anilines is 1. The molecule has 1 fully saturated rings. The van der Waals surface area contributed by atoms with Crippen LogP contribution < -0.4 is 10.6 Å². The predicted molar refractivity (Wildman–Crippen MR) is 109 cm³/mol. The van der Waals surface area contributed by atoms with E-state index in [-0.39, 0.29) is 5.91 Å². The number of aryl methyl sites for hydroxylation is 1. The third kappa shape index (κ3) is 3.64. The second-order valence-electron chi connectivity index (χ2n) is 7.21. The molecule has 0 aliphatic carbocycles. The van der Waals surface area contributed by atoms with Gasteiger partial charge in [0.2, 0.25) is 11.8 Å². The second-order valence-corrected chi connectivity index (χ2v) is 8.77. The number of halogens is 1. The van der Waals surface area contributed by atoms with Crippen molar-refractivity contribution in [2.24, 2.45) is 11.8 Å². The highest BCUT2D eigenvalue weighted by Gasteiger charge is 2.52. The summed E-state index contributed by atoms with van der Waals surface area (Å²) in [5.41, 5.74) is 1.98. The summed E-state index contributed by atoms with van der Waals surface area (Å²) in [7, 11) is 3.28. The molecule has 2 heterocycles. The number of nitrogens with one attached hydrogen (secondary N) is 2. The fraction of sp³-hybridized carbons (Fsp3) is 0.421. The van der Waals surface area contributed by atoms with Gasteiger partial charge in [-0.15, -0.1) is 0 Å². The van der Waals surface area contributed by atoms with Gasteiger partial charge in [0.25, 0.3) is 5.91 Å². The Hall–Kier alpha value is -2.03. The van der Waals surface area contributed by atoms with Crippen LogP contribution in [-0.4, -0.2) is 53.3 Å². The summed E-state index contributed by atoms with van der Waals surface area (Å²) < 4.78 is 0. The van der Waals surface area contributed by atoms with E-state index in [0.717, 1.165) is 5.56 Å². The van der Waals surface area contributed by atoms with Crippen LogP contribution in [0.15, 0.2) is 28.7 Å². The molecule has 0 aromatic heterocycles. The fourth-order valence-electron chi connectivity index (χ4n) is 3.41. The molecule has 28 heavy (non-hydrogen) atoms. The average molecular weight is 424 g/mol. The van der Waals surface area contributed by atoms with Gasteiger partial charge in [-0.25, -0.2) is 0 Å². The van der Waals surface area contributed by atoms with Crippen molar-refractivity contribution in [3.05, 3.63) is 39.3 Å². The molecular formula is C19H22ClN3O4S. The molecule has 3 amide bonds. The summed E-state index contributed by atoms with van der Waals surface area (Å²) >= 11 is 7.29. The van der Waals surface area contributed by atoms with Crippen molar-refractivity contribution in [3.63, 3.8) is 0 Å². The van der Waals surface area contributed by atoms with Gasteiger partial charge in [-0.2, -0.15) is 0 Å². The Bertz CT molecular complexity index is 886. The molecule has 2 aliphatic heterocycles. The van der Waals surface area contributed by atoms with Crippen molar-refractivity contribution in [1.29, 1.82) is 0 Å². The number of aliphatic hydroxyl groups is 1. The fourth-order valence-corrected chi connectivity index (χ4v) is 5.13. The molecule has 9 heteroatoms. The van der Waals surface area contributed by atoms with Gasteiger partial charge in [0.05, 0.1) is 16.4 Å². The minimum absolute atomic E-state index is 0.186. The molecule has 3 N–H and O–H groups in total. The number of aliphatic hydroxyl groups excluding tert-OH is 1. The number of hydrogen-bond donors (Lipinski definition) is 3. The zero-order valence-corrected chi connectivity index (χ0v) is 17.5. The van der Waals surface area contributed by atoms with Gasteiger partial charge >= 0.3 is 0 Å². The summed E-state index contributed by atoms with van der Waals surface area (Å²) in [5, 5.41) is 16.3. The molecule has 0 radical (unpaired) electrons. The number of likely N-dealkylation sites (N-methyl/N-ethyl adjacent to an activating group) is 1. The molecule has 4 unspecified atom stereocenters. The van der Waals surface area contributed by atoms with Crippen LogP contribution in [0.3, 0.4) is 0 Å². The minimum Gasteiger partial charge on any atom is -0.391 e. The number of rotatable bonds is 3. The standard InChI is InChI=1S/C19H22ClN3O4S/c1-8-5-6-10(7-11(8)20)21-16(25)13-14(24)12-9(2)15(19(27)23(3)4)28-18(12)22-17(13)26/h5-7,12-14,18,24H,1-4H3,(H,21,25)(H,22,26). The van der Waals surface area contributed by atoms with Crippen LogP contribution in [0.2, 0.25) is 5.02 Å². The third-order valence-electron chi connectivity index (χ3n) is 5.03. The van der Waals surface area contributed by atoms with Gasteiger partial charge in [-0.1, -0.05) is 29.4 Å². The molecule has 3 rings (SSSR count). The van der Waals surface area contributed by atoms with Crippen LogP contribution in [0.1, 0.15) is 12.5 Å². The van der Waals surface area contributed by atoms with Gasteiger partial charge in [-0.05, 0) is 37.1 Å². The molecule has 4 atom stereocenters. The van der Waals surface area contributed by atoms with E-state index in [1.54, 1.807) is 39.2 Å². The monoisotopic (exact) mass is 423 g/mol. The third-order valence-corrected chi connectivity index (χ3v) is 6.83. The average Bonchev–Trinajstić information content (AvgIpc) is 2.93. The highest BCUT2D eigenvalue weighted by atomic mass is 35.5. The lowest BCUT2D eigenvalue weighted by Gasteiger charge is -2.36. The predicted octanol–water partition coefficient (Wildman–Crippen LogP) is 1.75. The number of amides is 3. The van der Waals surface area contributed by atoms with E-state index < -0.39 is 35.1 Å². The number of piperidine rings is 1. The lowest BCUT2D eigenvalue weighted by Crippen LogP contribution is -2.58. The van der Waals surface area contributed by atoms with Crippen LogP contribution in [-0.2, 0) is 14.4 Å². The molecule has 1 aromatic rings. The largest absolute Gasteiger partial charge is 0.391 e. The lowest BCUT2D eigenvalue weighted by molar-refractivity contribution is -0.142.